The van der Waals surface area contributed by atoms with Gasteiger partial charge in [0.05, 0.1) is 18.1 Å². The number of rotatable bonds is 7. The molecule has 0 aromatic carbocycles. The zero-order chi connectivity index (χ0) is 20.2. The van der Waals surface area contributed by atoms with Gasteiger partial charge in [-0.25, -0.2) is 19.7 Å². The van der Waals surface area contributed by atoms with Crippen LogP contribution in [-0.2, 0) is 6.54 Å². The number of aromatic nitrogens is 6. The quantitative estimate of drug-likeness (QED) is 0.435. The van der Waals surface area contributed by atoms with Crippen LogP contribution in [0.1, 0.15) is 30.3 Å². The normalized spacial score (nSPS) is 13.9. The van der Waals surface area contributed by atoms with E-state index in [4.69, 9.17) is 4.98 Å². The minimum absolute atomic E-state index is 0.162. The van der Waals surface area contributed by atoms with E-state index in [1.807, 2.05) is 0 Å². The molecular weight excluding hydrogens is 392 g/mol. The molecule has 3 aromatic heterocycles. The lowest BCUT2D eigenvalue weighted by Crippen LogP contribution is -2.29. The van der Waals surface area contributed by atoms with Crippen LogP contribution in [0, 0.1) is 0 Å². The standard InChI is InChI=1S/C18H22N8O2S/c1-2-29-18-21-15(25-8-3-4-9-25)12-11-20-26(16(12)22-18)10-7-19-17(28)13-5-6-14(27)24-23-13/h5-6,11H,2-4,7-10H2,1H3,(H,19,28)(H,24,27). The fourth-order valence-corrected chi connectivity index (χ4v) is 3.85. The molecule has 11 heteroatoms. The number of nitrogens with one attached hydrogen (secondary N) is 2. The van der Waals surface area contributed by atoms with Gasteiger partial charge < -0.3 is 10.2 Å². The van der Waals surface area contributed by atoms with Gasteiger partial charge in [-0.1, -0.05) is 18.7 Å². The summed E-state index contributed by atoms with van der Waals surface area (Å²) in [5, 5.41) is 14.9. The summed E-state index contributed by atoms with van der Waals surface area (Å²) in [6, 6.07) is 2.66. The van der Waals surface area contributed by atoms with Crippen LogP contribution in [0.4, 0.5) is 5.82 Å². The molecule has 0 unspecified atom stereocenters. The van der Waals surface area contributed by atoms with Gasteiger partial charge in [0.25, 0.3) is 11.5 Å². The number of fused-ring (bicyclic) bond motifs is 1. The molecule has 3 aromatic rings. The van der Waals surface area contributed by atoms with E-state index >= 15 is 0 Å². The number of amides is 1. The average Bonchev–Trinajstić information content (AvgIpc) is 3.39. The van der Waals surface area contributed by atoms with E-state index in [0.717, 1.165) is 40.9 Å². The van der Waals surface area contributed by atoms with Gasteiger partial charge in [-0.15, -0.1) is 0 Å². The molecule has 1 aliphatic heterocycles. The van der Waals surface area contributed by atoms with Gasteiger partial charge in [-0.05, 0) is 24.7 Å². The Kier molecular flexibility index (Phi) is 5.74. The summed E-state index contributed by atoms with van der Waals surface area (Å²) in [6.07, 6.45) is 4.14. The highest BCUT2D eigenvalue weighted by Gasteiger charge is 2.20. The van der Waals surface area contributed by atoms with Gasteiger partial charge in [-0.2, -0.15) is 10.2 Å². The fourth-order valence-electron chi connectivity index (χ4n) is 3.29. The number of carbonyl (C=O) groups excluding carboxylic acids is 1. The average molecular weight is 414 g/mol. The number of thioether (sulfide) groups is 1. The van der Waals surface area contributed by atoms with Gasteiger partial charge in [0, 0.05) is 25.7 Å². The molecule has 1 aliphatic rings. The van der Waals surface area contributed by atoms with Crippen LogP contribution in [-0.4, -0.2) is 61.2 Å². The Morgan fingerprint density at radius 3 is 2.83 bits per heavy atom. The number of H-pyrrole nitrogens is 1. The van der Waals surface area contributed by atoms with E-state index in [1.165, 1.54) is 25.0 Å². The molecule has 2 N–H and O–H groups in total. The van der Waals surface area contributed by atoms with Crippen molar-refractivity contribution in [1.82, 2.24) is 35.3 Å². The maximum atomic E-state index is 12.2. The summed E-state index contributed by atoms with van der Waals surface area (Å²) in [5.41, 5.74) is 0.586. The Hall–Kier alpha value is -2.95. The summed E-state index contributed by atoms with van der Waals surface area (Å²) in [4.78, 5) is 34.9. The molecule has 1 fully saturated rings. The number of hydrogen-bond donors (Lipinski definition) is 2. The fraction of sp³-hybridized carbons (Fsp3) is 0.444. The highest BCUT2D eigenvalue weighted by molar-refractivity contribution is 7.99. The van der Waals surface area contributed by atoms with Crippen molar-refractivity contribution in [3.05, 3.63) is 34.4 Å². The van der Waals surface area contributed by atoms with E-state index < -0.39 is 0 Å². The molecule has 152 valence electrons. The van der Waals surface area contributed by atoms with Crippen LogP contribution < -0.4 is 15.8 Å². The summed E-state index contributed by atoms with van der Waals surface area (Å²) >= 11 is 1.61. The van der Waals surface area contributed by atoms with E-state index in [-0.39, 0.29) is 17.2 Å². The lowest BCUT2D eigenvalue weighted by Gasteiger charge is -2.17. The lowest BCUT2D eigenvalue weighted by molar-refractivity contribution is 0.0946. The van der Waals surface area contributed by atoms with Crippen molar-refractivity contribution in [2.45, 2.75) is 31.5 Å². The summed E-state index contributed by atoms with van der Waals surface area (Å²) in [5.74, 6) is 1.48. The lowest BCUT2D eigenvalue weighted by atomic mass is 10.3. The summed E-state index contributed by atoms with van der Waals surface area (Å²) < 4.78 is 1.79. The van der Waals surface area contributed by atoms with Crippen molar-refractivity contribution < 1.29 is 4.79 Å². The molecule has 1 amide bonds. The highest BCUT2D eigenvalue weighted by Crippen LogP contribution is 2.29. The van der Waals surface area contributed by atoms with E-state index in [2.05, 4.69) is 37.4 Å². The predicted octanol–water partition coefficient (Wildman–Crippen LogP) is 1.05. The molecule has 0 radical (unpaired) electrons. The second-order valence-corrected chi connectivity index (χ2v) is 7.86. The summed E-state index contributed by atoms with van der Waals surface area (Å²) in [7, 11) is 0. The number of aromatic amines is 1. The maximum absolute atomic E-state index is 12.2. The van der Waals surface area contributed by atoms with Gasteiger partial charge in [0.1, 0.15) is 11.5 Å². The first-order valence-electron chi connectivity index (χ1n) is 9.61. The van der Waals surface area contributed by atoms with Crippen molar-refractivity contribution in [3.63, 3.8) is 0 Å². The Bertz CT molecular complexity index is 1050. The Morgan fingerprint density at radius 1 is 1.28 bits per heavy atom. The van der Waals surface area contributed by atoms with Crippen LogP contribution in [0.2, 0.25) is 0 Å². The van der Waals surface area contributed by atoms with Crippen molar-refractivity contribution in [1.29, 1.82) is 0 Å². The molecule has 4 heterocycles. The molecule has 10 nitrogen and oxygen atoms in total. The number of carbonyl (C=O) groups is 1. The monoisotopic (exact) mass is 414 g/mol. The van der Waals surface area contributed by atoms with E-state index in [9.17, 15) is 9.59 Å². The number of anilines is 1. The molecule has 4 rings (SSSR count). The van der Waals surface area contributed by atoms with Gasteiger partial charge >= 0.3 is 0 Å². The second kappa shape index (κ2) is 8.60. The third kappa shape index (κ3) is 4.24. The first kappa shape index (κ1) is 19.4. The largest absolute Gasteiger partial charge is 0.356 e. The molecule has 0 bridgehead atoms. The maximum Gasteiger partial charge on any atom is 0.271 e. The van der Waals surface area contributed by atoms with Crippen molar-refractivity contribution >= 4 is 34.5 Å². The molecule has 0 spiro atoms. The van der Waals surface area contributed by atoms with Crippen LogP contribution >= 0.6 is 11.8 Å². The number of hydrogen-bond acceptors (Lipinski definition) is 8. The Balaban J connectivity index is 1.52. The molecule has 0 atom stereocenters. The van der Waals surface area contributed by atoms with Crippen molar-refractivity contribution in [2.24, 2.45) is 0 Å². The number of nitrogens with zero attached hydrogens (tertiary/aromatic N) is 6. The van der Waals surface area contributed by atoms with E-state index in [0.29, 0.717) is 13.1 Å². The molecule has 0 saturated carbocycles. The topological polar surface area (TPSA) is 122 Å². The first-order valence-corrected chi connectivity index (χ1v) is 10.6. The highest BCUT2D eigenvalue weighted by atomic mass is 32.2. The van der Waals surface area contributed by atoms with Crippen molar-refractivity contribution in [2.75, 3.05) is 30.3 Å². The van der Waals surface area contributed by atoms with Crippen LogP contribution in [0.25, 0.3) is 11.0 Å². The van der Waals surface area contributed by atoms with Crippen LogP contribution in [0.5, 0.6) is 0 Å². The molecule has 29 heavy (non-hydrogen) atoms. The van der Waals surface area contributed by atoms with Crippen LogP contribution in [0.15, 0.2) is 28.3 Å². The third-order valence-electron chi connectivity index (χ3n) is 4.66. The minimum Gasteiger partial charge on any atom is -0.356 e. The first-order chi connectivity index (χ1) is 14.2. The smallest absolute Gasteiger partial charge is 0.271 e. The van der Waals surface area contributed by atoms with Gasteiger partial charge in [0.15, 0.2) is 10.8 Å². The Labute approximate surface area is 171 Å². The van der Waals surface area contributed by atoms with Crippen molar-refractivity contribution in [3.8, 4) is 0 Å². The predicted molar refractivity (Wildman–Crippen MR) is 110 cm³/mol. The zero-order valence-corrected chi connectivity index (χ0v) is 16.9. The zero-order valence-electron chi connectivity index (χ0n) is 16.1. The molecular formula is C18H22N8O2S. The van der Waals surface area contributed by atoms with Gasteiger partial charge in [-0.3, -0.25) is 9.59 Å². The van der Waals surface area contributed by atoms with Gasteiger partial charge in [0.2, 0.25) is 0 Å². The minimum atomic E-state index is -0.354. The summed E-state index contributed by atoms with van der Waals surface area (Å²) in [6.45, 7) is 4.89. The molecule has 1 saturated heterocycles. The SMILES string of the molecule is CCSc1nc(N2CCCC2)c2cnn(CCNC(=O)c3ccc(=O)[nH]n3)c2n1. The Morgan fingerprint density at radius 2 is 2.10 bits per heavy atom. The van der Waals surface area contributed by atoms with E-state index in [1.54, 1.807) is 22.6 Å². The van der Waals surface area contributed by atoms with Crippen LogP contribution in [0.3, 0.4) is 0 Å². The third-order valence-corrected chi connectivity index (χ3v) is 5.39. The molecule has 0 aliphatic carbocycles. The second-order valence-electron chi connectivity index (χ2n) is 6.62.